The number of nitrogens with one attached hydrogen (secondary N) is 1. The van der Waals surface area contributed by atoms with E-state index in [4.69, 9.17) is 21.1 Å². The van der Waals surface area contributed by atoms with Crippen molar-refractivity contribution in [3.63, 3.8) is 0 Å². The molecule has 1 aromatic heterocycles. The number of halogens is 1. The van der Waals surface area contributed by atoms with Crippen LogP contribution in [0.4, 0.5) is 0 Å². The Kier molecular flexibility index (Phi) is 6.65. The molecule has 0 saturated carbocycles. The predicted octanol–water partition coefficient (Wildman–Crippen LogP) is 2.97. The van der Waals surface area contributed by atoms with Gasteiger partial charge in [0.1, 0.15) is 0 Å². The van der Waals surface area contributed by atoms with Gasteiger partial charge in [-0.05, 0) is 42.3 Å². The van der Waals surface area contributed by atoms with Crippen molar-refractivity contribution in [2.24, 2.45) is 0 Å². The van der Waals surface area contributed by atoms with E-state index in [1.807, 2.05) is 19.1 Å². The highest BCUT2D eigenvalue weighted by molar-refractivity contribution is 6.32. The van der Waals surface area contributed by atoms with Gasteiger partial charge in [0, 0.05) is 25.5 Å². The monoisotopic (exact) mass is 336 g/mol. The number of aliphatic hydroxyl groups is 1. The lowest BCUT2D eigenvalue weighted by Gasteiger charge is -2.15. The molecule has 0 spiro atoms. The SMILES string of the molecule is CCOc1c(Cl)cc(CNCC(O)c2ccncc2)cc1OC. The van der Waals surface area contributed by atoms with Crippen LogP contribution in [-0.4, -0.2) is 30.4 Å². The maximum Gasteiger partial charge on any atom is 0.179 e. The highest BCUT2D eigenvalue weighted by atomic mass is 35.5. The fourth-order valence-corrected chi connectivity index (χ4v) is 2.50. The third-order valence-electron chi connectivity index (χ3n) is 3.34. The van der Waals surface area contributed by atoms with Gasteiger partial charge < -0.3 is 19.9 Å². The summed E-state index contributed by atoms with van der Waals surface area (Å²) in [6.07, 6.45) is 2.74. The van der Waals surface area contributed by atoms with Gasteiger partial charge in [-0.2, -0.15) is 0 Å². The summed E-state index contributed by atoms with van der Waals surface area (Å²) < 4.78 is 10.8. The molecule has 1 aromatic carbocycles. The average Bonchev–Trinajstić information content (AvgIpc) is 2.57. The van der Waals surface area contributed by atoms with Crippen LogP contribution in [-0.2, 0) is 6.54 Å². The van der Waals surface area contributed by atoms with Crippen LogP contribution in [0.2, 0.25) is 5.02 Å². The molecule has 1 atom stereocenters. The largest absolute Gasteiger partial charge is 0.493 e. The van der Waals surface area contributed by atoms with Crippen LogP contribution in [0.25, 0.3) is 0 Å². The molecule has 0 aliphatic heterocycles. The van der Waals surface area contributed by atoms with Gasteiger partial charge in [0.15, 0.2) is 11.5 Å². The van der Waals surface area contributed by atoms with Crippen LogP contribution in [0.15, 0.2) is 36.7 Å². The maximum atomic E-state index is 10.1. The van der Waals surface area contributed by atoms with Gasteiger partial charge in [0.05, 0.1) is 24.8 Å². The first-order valence-corrected chi connectivity index (χ1v) is 7.81. The Bertz CT molecular complexity index is 623. The second-order valence-electron chi connectivity index (χ2n) is 4.97. The zero-order valence-corrected chi connectivity index (χ0v) is 14.0. The second kappa shape index (κ2) is 8.72. The van der Waals surface area contributed by atoms with E-state index in [9.17, 15) is 5.11 Å². The minimum Gasteiger partial charge on any atom is -0.493 e. The first-order chi connectivity index (χ1) is 11.2. The fourth-order valence-electron chi connectivity index (χ4n) is 2.22. The number of hydrogen-bond acceptors (Lipinski definition) is 5. The number of pyridine rings is 1. The van der Waals surface area contributed by atoms with Crippen molar-refractivity contribution in [1.82, 2.24) is 10.3 Å². The number of ether oxygens (including phenoxy) is 2. The molecule has 1 heterocycles. The van der Waals surface area contributed by atoms with Gasteiger partial charge >= 0.3 is 0 Å². The Balaban J connectivity index is 1.97. The van der Waals surface area contributed by atoms with Crippen molar-refractivity contribution < 1.29 is 14.6 Å². The summed E-state index contributed by atoms with van der Waals surface area (Å²) >= 11 is 6.24. The topological polar surface area (TPSA) is 63.6 Å². The van der Waals surface area contributed by atoms with Crippen LogP contribution in [0, 0.1) is 0 Å². The van der Waals surface area contributed by atoms with E-state index >= 15 is 0 Å². The lowest BCUT2D eigenvalue weighted by Crippen LogP contribution is -2.21. The van der Waals surface area contributed by atoms with Gasteiger partial charge in [-0.15, -0.1) is 0 Å². The normalized spacial score (nSPS) is 12.0. The Labute approximate surface area is 141 Å². The van der Waals surface area contributed by atoms with E-state index in [0.29, 0.717) is 36.2 Å². The minimum absolute atomic E-state index is 0.428. The Morgan fingerprint density at radius 3 is 2.70 bits per heavy atom. The van der Waals surface area contributed by atoms with Crippen molar-refractivity contribution in [2.75, 3.05) is 20.3 Å². The van der Waals surface area contributed by atoms with Crippen molar-refractivity contribution in [2.45, 2.75) is 19.6 Å². The number of aromatic nitrogens is 1. The number of hydrogen-bond donors (Lipinski definition) is 2. The molecule has 1 unspecified atom stereocenters. The zero-order chi connectivity index (χ0) is 16.7. The molecule has 0 saturated heterocycles. The van der Waals surface area contributed by atoms with Crippen LogP contribution in [0.5, 0.6) is 11.5 Å². The predicted molar refractivity (Wildman–Crippen MR) is 90.1 cm³/mol. The molecular weight excluding hydrogens is 316 g/mol. The molecule has 6 heteroatoms. The lowest BCUT2D eigenvalue weighted by atomic mass is 10.1. The standard InChI is InChI=1S/C17H21ClN2O3/c1-3-23-17-14(18)8-12(9-16(17)22-2)10-20-11-15(21)13-4-6-19-7-5-13/h4-9,15,20-21H,3,10-11H2,1-2H3. The Hall–Kier alpha value is -1.82. The van der Waals surface area contributed by atoms with E-state index in [1.54, 1.807) is 31.6 Å². The molecule has 0 amide bonds. The average molecular weight is 337 g/mol. The first kappa shape index (κ1) is 17.5. The van der Waals surface area contributed by atoms with Gasteiger partial charge in [0.25, 0.3) is 0 Å². The summed E-state index contributed by atoms with van der Waals surface area (Å²) in [5, 5.41) is 13.8. The second-order valence-corrected chi connectivity index (χ2v) is 5.38. The smallest absolute Gasteiger partial charge is 0.179 e. The van der Waals surface area contributed by atoms with Crippen molar-refractivity contribution in [3.8, 4) is 11.5 Å². The summed E-state index contributed by atoms with van der Waals surface area (Å²) in [6.45, 7) is 3.40. The Morgan fingerprint density at radius 2 is 2.04 bits per heavy atom. The van der Waals surface area contributed by atoms with Crippen LogP contribution in [0.3, 0.4) is 0 Å². The number of rotatable bonds is 8. The fraction of sp³-hybridized carbons (Fsp3) is 0.353. The molecule has 0 bridgehead atoms. The molecule has 0 radical (unpaired) electrons. The van der Waals surface area contributed by atoms with Gasteiger partial charge in [-0.25, -0.2) is 0 Å². The van der Waals surface area contributed by atoms with Gasteiger partial charge in [-0.1, -0.05) is 11.6 Å². The minimum atomic E-state index is -0.585. The molecule has 2 rings (SSSR count). The summed E-state index contributed by atoms with van der Waals surface area (Å²) in [5.74, 6) is 1.16. The summed E-state index contributed by atoms with van der Waals surface area (Å²) in [7, 11) is 1.58. The molecule has 2 N–H and O–H groups in total. The molecule has 124 valence electrons. The molecule has 2 aromatic rings. The van der Waals surface area contributed by atoms with E-state index < -0.39 is 6.10 Å². The number of nitrogens with zero attached hydrogens (tertiary/aromatic N) is 1. The molecule has 5 nitrogen and oxygen atoms in total. The van der Waals surface area contributed by atoms with Crippen LogP contribution in [0.1, 0.15) is 24.2 Å². The van der Waals surface area contributed by atoms with Crippen molar-refractivity contribution in [3.05, 3.63) is 52.8 Å². The molecule has 0 fully saturated rings. The third kappa shape index (κ3) is 4.82. The highest BCUT2D eigenvalue weighted by Gasteiger charge is 2.12. The third-order valence-corrected chi connectivity index (χ3v) is 3.62. The summed E-state index contributed by atoms with van der Waals surface area (Å²) in [4.78, 5) is 3.94. The molecular formula is C17H21ClN2O3. The number of methoxy groups -OCH3 is 1. The quantitative estimate of drug-likeness (QED) is 0.776. The lowest BCUT2D eigenvalue weighted by molar-refractivity contribution is 0.174. The molecule has 0 aliphatic carbocycles. The maximum absolute atomic E-state index is 10.1. The van der Waals surface area contributed by atoms with Crippen molar-refractivity contribution in [1.29, 1.82) is 0 Å². The summed E-state index contributed by atoms with van der Waals surface area (Å²) in [5.41, 5.74) is 1.78. The van der Waals surface area contributed by atoms with E-state index in [2.05, 4.69) is 10.3 Å². The highest BCUT2D eigenvalue weighted by Crippen LogP contribution is 2.36. The van der Waals surface area contributed by atoms with E-state index in [1.165, 1.54) is 0 Å². The van der Waals surface area contributed by atoms with E-state index in [-0.39, 0.29) is 0 Å². The zero-order valence-electron chi connectivity index (χ0n) is 13.3. The molecule has 0 aliphatic rings. The number of aliphatic hydroxyl groups excluding tert-OH is 1. The molecule has 23 heavy (non-hydrogen) atoms. The first-order valence-electron chi connectivity index (χ1n) is 7.43. The van der Waals surface area contributed by atoms with Gasteiger partial charge in [-0.3, -0.25) is 4.98 Å². The van der Waals surface area contributed by atoms with Crippen LogP contribution >= 0.6 is 11.6 Å². The van der Waals surface area contributed by atoms with E-state index in [0.717, 1.165) is 11.1 Å². The number of benzene rings is 1. The Morgan fingerprint density at radius 1 is 1.30 bits per heavy atom. The van der Waals surface area contributed by atoms with Gasteiger partial charge in [0.2, 0.25) is 0 Å². The van der Waals surface area contributed by atoms with Crippen molar-refractivity contribution >= 4 is 11.6 Å². The van der Waals surface area contributed by atoms with Crippen LogP contribution < -0.4 is 14.8 Å². The summed E-state index contributed by atoms with van der Waals surface area (Å²) in [6, 6.07) is 7.30.